The third kappa shape index (κ3) is 4.10. The number of halogens is 1. The van der Waals surface area contributed by atoms with Crippen LogP contribution in [0.3, 0.4) is 0 Å². The summed E-state index contributed by atoms with van der Waals surface area (Å²) in [6, 6.07) is 11.4. The van der Waals surface area contributed by atoms with Gasteiger partial charge in [0.25, 0.3) is 5.89 Å². The topological polar surface area (TPSA) is 95.3 Å². The molecule has 1 amide bonds. The number of amides is 1. The van der Waals surface area contributed by atoms with Crippen molar-refractivity contribution in [2.45, 2.75) is 30.2 Å². The van der Waals surface area contributed by atoms with Gasteiger partial charge >= 0.3 is 0 Å². The van der Waals surface area contributed by atoms with Crippen molar-refractivity contribution >= 4 is 35.2 Å². The molecule has 1 fully saturated rings. The molecule has 7 nitrogen and oxygen atoms in total. The Labute approximate surface area is 194 Å². The highest BCUT2D eigenvalue weighted by Gasteiger charge is 2.31. The summed E-state index contributed by atoms with van der Waals surface area (Å²) in [5.41, 5.74) is 1.33. The minimum atomic E-state index is -0.0820. The lowest BCUT2D eigenvalue weighted by Crippen LogP contribution is -2.42. The Morgan fingerprint density at radius 1 is 1.28 bits per heavy atom. The molecule has 0 radical (unpaired) electrons. The van der Waals surface area contributed by atoms with Gasteiger partial charge in [0, 0.05) is 34.7 Å². The van der Waals surface area contributed by atoms with Crippen LogP contribution in [0.15, 0.2) is 50.3 Å². The molecule has 1 atom stereocenters. The number of rotatable bonds is 4. The van der Waals surface area contributed by atoms with Crippen molar-refractivity contribution in [2.24, 2.45) is 5.92 Å². The Bertz CT molecular complexity index is 1160. The van der Waals surface area contributed by atoms with Crippen LogP contribution in [0.2, 0.25) is 5.02 Å². The summed E-state index contributed by atoms with van der Waals surface area (Å²) in [7, 11) is 0. The van der Waals surface area contributed by atoms with Crippen LogP contribution in [0.4, 0.5) is 5.88 Å². The van der Waals surface area contributed by atoms with E-state index in [4.69, 9.17) is 20.4 Å². The van der Waals surface area contributed by atoms with Gasteiger partial charge in [-0.15, -0.1) is 11.8 Å². The molecule has 1 N–H and O–H groups in total. The molecule has 0 bridgehead atoms. The van der Waals surface area contributed by atoms with Crippen molar-refractivity contribution < 1.29 is 13.6 Å². The Kier molecular flexibility index (Phi) is 5.85. The fraction of sp³-hybridized carbons (Fsp3) is 0.348. The van der Waals surface area contributed by atoms with E-state index < -0.39 is 0 Å². The fourth-order valence-corrected chi connectivity index (χ4v) is 5.54. The highest BCUT2D eigenvalue weighted by molar-refractivity contribution is 7.99. The number of anilines is 1. The predicted octanol–water partition coefficient (Wildman–Crippen LogP) is 5.03. The van der Waals surface area contributed by atoms with Crippen molar-refractivity contribution in [3.05, 3.63) is 52.9 Å². The molecule has 2 aromatic heterocycles. The number of nitrogens with one attached hydrogen (secondary N) is 1. The highest BCUT2D eigenvalue weighted by atomic mass is 35.5. The van der Waals surface area contributed by atoms with E-state index >= 15 is 0 Å². The first-order valence-electron chi connectivity index (χ1n) is 10.5. The Morgan fingerprint density at radius 2 is 2.12 bits per heavy atom. The molecular weight excluding hydrogens is 448 g/mol. The number of piperidine rings is 1. The smallest absolute Gasteiger partial charge is 0.266 e. The SMILES string of the molecule is N#Cc1nc(-c2ccco2)oc1N1CCC(C(=O)NC2CCSc3ccc(Cl)cc32)CC1. The molecule has 1 aromatic carbocycles. The zero-order valence-electron chi connectivity index (χ0n) is 17.2. The number of hydrogen-bond acceptors (Lipinski definition) is 7. The number of benzene rings is 1. The Morgan fingerprint density at radius 3 is 2.88 bits per heavy atom. The molecule has 4 heterocycles. The lowest BCUT2D eigenvalue weighted by molar-refractivity contribution is -0.126. The average Bonchev–Trinajstić information content (AvgIpc) is 3.49. The number of nitrogens with zero attached hydrogens (tertiary/aromatic N) is 3. The van der Waals surface area contributed by atoms with Gasteiger partial charge in [0.1, 0.15) is 6.07 Å². The van der Waals surface area contributed by atoms with Crippen molar-refractivity contribution in [3.63, 3.8) is 0 Å². The molecular formula is C23H21ClN4O3S. The van der Waals surface area contributed by atoms with E-state index in [1.807, 2.05) is 23.1 Å². The van der Waals surface area contributed by atoms with Gasteiger partial charge in [0.2, 0.25) is 17.5 Å². The monoisotopic (exact) mass is 468 g/mol. The number of nitriles is 1. The largest absolute Gasteiger partial charge is 0.459 e. The molecule has 2 aliphatic heterocycles. The van der Waals surface area contributed by atoms with E-state index in [0.717, 1.165) is 17.7 Å². The van der Waals surface area contributed by atoms with Crippen LogP contribution in [0.5, 0.6) is 0 Å². The minimum Gasteiger partial charge on any atom is -0.459 e. The van der Waals surface area contributed by atoms with Crippen molar-refractivity contribution in [3.8, 4) is 17.7 Å². The van der Waals surface area contributed by atoms with Gasteiger partial charge in [0.05, 0.1) is 12.3 Å². The second-order valence-corrected chi connectivity index (χ2v) is 9.48. The van der Waals surface area contributed by atoms with Crippen LogP contribution in [-0.4, -0.2) is 29.7 Å². The quantitative estimate of drug-likeness (QED) is 0.573. The van der Waals surface area contributed by atoms with E-state index in [9.17, 15) is 10.1 Å². The molecule has 1 unspecified atom stereocenters. The summed E-state index contributed by atoms with van der Waals surface area (Å²) in [6.45, 7) is 1.23. The van der Waals surface area contributed by atoms with Crippen LogP contribution >= 0.6 is 23.4 Å². The number of carbonyl (C=O) groups excluding carboxylic acids is 1. The standard InChI is InChI=1S/C23H21ClN4O3S/c24-15-3-4-20-16(12-15)17(7-11-32-20)26-21(29)14-5-8-28(9-6-14)23-18(13-25)27-22(31-23)19-2-1-10-30-19/h1-4,10,12,14,17H,5-9,11H2,(H,26,29). The molecule has 164 valence electrons. The van der Waals surface area contributed by atoms with Gasteiger partial charge in [-0.05, 0) is 55.2 Å². The third-order valence-electron chi connectivity index (χ3n) is 5.93. The third-order valence-corrected chi connectivity index (χ3v) is 7.29. The Balaban J connectivity index is 1.24. The molecule has 0 aliphatic carbocycles. The van der Waals surface area contributed by atoms with Gasteiger partial charge in [-0.25, -0.2) is 0 Å². The molecule has 2 aliphatic rings. The maximum absolute atomic E-state index is 13.0. The zero-order valence-corrected chi connectivity index (χ0v) is 18.8. The second-order valence-electron chi connectivity index (χ2n) is 7.90. The Hall–Kier alpha value is -2.89. The summed E-state index contributed by atoms with van der Waals surface area (Å²) in [6.07, 6.45) is 3.78. The molecule has 1 saturated heterocycles. The first-order chi connectivity index (χ1) is 15.6. The summed E-state index contributed by atoms with van der Waals surface area (Å²) in [5, 5.41) is 13.4. The van der Waals surface area contributed by atoms with E-state index in [2.05, 4.69) is 16.4 Å². The first kappa shape index (κ1) is 21.0. The maximum Gasteiger partial charge on any atom is 0.266 e. The van der Waals surface area contributed by atoms with Crippen molar-refractivity contribution in [1.29, 1.82) is 5.26 Å². The normalized spacial score (nSPS) is 18.8. The number of furan rings is 1. The lowest BCUT2D eigenvalue weighted by atomic mass is 9.94. The lowest BCUT2D eigenvalue weighted by Gasteiger charge is -2.33. The molecule has 5 rings (SSSR count). The highest BCUT2D eigenvalue weighted by Crippen LogP contribution is 2.38. The summed E-state index contributed by atoms with van der Waals surface area (Å²) >= 11 is 7.99. The number of oxazole rings is 1. The minimum absolute atomic E-state index is 0.00852. The van der Waals surface area contributed by atoms with Gasteiger partial charge in [-0.3, -0.25) is 4.79 Å². The van der Waals surface area contributed by atoms with Crippen LogP contribution < -0.4 is 10.2 Å². The molecule has 0 spiro atoms. The fourth-order valence-electron chi connectivity index (χ4n) is 4.25. The van der Waals surface area contributed by atoms with Gasteiger partial charge in [0.15, 0.2) is 5.76 Å². The first-order valence-corrected chi connectivity index (χ1v) is 11.9. The molecule has 9 heteroatoms. The molecule has 0 saturated carbocycles. The van der Waals surface area contributed by atoms with Crippen molar-refractivity contribution in [1.82, 2.24) is 10.3 Å². The van der Waals surface area contributed by atoms with E-state index in [-0.39, 0.29) is 29.5 Å². The zero-order chi connectivity index (χ0) is 22.1. The van der Waals surface area contributed by atoms with Gasteiger partial charge in [-0.2, -0.15) is 10.2 Å². The van der Waals surface area contributed by atoms with Crippen LogP contribution in [0.1, 0.15) is 36.6 Å². The predicted molar refractivity (Wildman–Crippen MR) is 122 cm³/mol. The number of fused-ring (bicyclic) bond motifs is 1. The summed E-state index contributed by atoms with van der Waals surface area (Å²) in [5.74, 6) is 2.16. The second kappa shape index (κ2) is 8.93. The number of thioether (sulfide) groups is 1. The van der Waals surface area contributed by atoms with E-state index in [1.54, 1.807) is 23.9 Å². The van der Waals surface area contributed by atoms with E-state index in [0.29, 0.717) is 42.6 Å². The summed E-state index contributed by atoms with van der Waals surface area (Å²) < 4.78 is 11.2. The molecule has 3 aromatic rings. The van der Waals surface area contributed by atoms with Crippen LogP contribution in [-0.2, 0) is 4.79 Å². The average molecular weight is 469 g/mol. The van der Waals surface area contributed by atoms with Crippen LogP contribution in [0, 0.1) is 17.2 Å². The number of hydrogen-bond donors (Lipinski definition) is 1. The maximum atomic E-state index is 13.0. The van der Waals surface area contributed by atoms with Gasteiger partial charge < -0.3 is 19.1 Å². The van der Waals surface area contributed by atoms with Crippen LogP contribution in [0.25, 0.3) is 11.7 Å². The van der Waals surface area contributed by atoms with E-state index in [1.165, 1.54) is 11.2 Å². The van der Waals surface area contributed by atoms with Gasteiger partial charge in [-0.1, -0.05) is 11.6 Å². The summed E-state index contributed by atoms with van der Waals surface area (Å²) in [4.78, 5) is 20.4. The number of carbonyl (C=O) groups is 1. The van der Waals surface area contributed by atoms with Crippen molar-refractivity contribution in [2.75, 3.05) is 23.7 Å². The number of aromatic nitrogens is 1. The molecule has 32 heavy (non-hydrogen) atoms.